The number of ether oxygens (including phenoxy) is 1. The molecule has 0 aliphatic heterocycles. The average Bonchev–Trinajstić information content (AvgIpc) is 1.82. The van der Waals surface area contributed by atoms with Crippen molar-refractivity contribution in [2.75, 3.05) is 0 Å². The van der Waals surface area contributed by atoms with E-state index < -0.39 is 0 Å². The van der Waals surface area contributed by atoms with Crippen molar-refractivity contribution in [3.63, 3.8) is 0 Å². The Morgan fingerprint density at radius 2 is 2.00 bits per heavy atom. The first-order valence-electron chi connectivity index (χ1n) is 3.86. The molecule has 68 valence electrons. The zero-order valence-electron chi connectivity index (χ0n) is 7.42. The summed E-state index contributed by atoms with van der Waals surface area (Å²) in [6.45, 7) is 5.79. The van der Waals surface area contributed by atoms with Gasteiger partial charge in [-0.3, -0.25) is 4.79 Å². The molecule has 0 bridgehead atoms. The number of carbonyl (C=O) groups is 1. The summed E-state index contributed by atoms with van der Waals surface area (Å²) in [6, 6.07) is 0. The summed E-state index contributed by atoms with van der Waals surface area (Å²) in [5.74, 6) is -0.0724. The molecule has 0 aromatic rings. The smallest absolute Gasteiger partial charge is 0.306 e. The van der Waals surface area contributed by atoms with Crippen LogP contribution < -0.4 is 0 Å². The lowest BCUT2D eigenvalue weighted by molar-refractivity contribution is -0.147. The Morgan fingerprint density at radius 1 is 1.45 bits per heavy atom. The van der Waals surface area contributed by atoms with E-state index in [0.717, 1.165) is 12.8 Å². The Kier molecular flexibility index (Phi) is 9.90. The van der Waals surface area contributed by atoms with Gasteiger partial charge in [0.1, 0.15) is 0 Å². The van der Waals surface area contributed by atoms with E-state index in [-0.39, 0.29) is 29.1 Å². The largest absolute Gasteiger partial charge is 0.463 e. The molecule has 0 unspecified atom stereocenters. The third-order valence-electron chi connectivity index (χ3n) is 1.10. The van der Waals surface area contributed by atoms with Gasteiger partial charge in [0.2, 0.25) is 0 Å². The second kappa shape index (κ2) is 8.05. The van der Waals surface area contributed by atoms with Crippen molar-refractivity contribution in [1.82, 2.24) is 0 Å². The minimum atomic E-state index is -0.0724. The number of hydrogen-bond donors (Lipinski definition) is 0. The molecular weight excluding hydrogens is 208 g/mol. The summed E-state index contributed by atoms with van der Waals surface area (Å²) in [4.78, 5) is 10.8. The molecule has 0 saturated carbocycles. The van der Waals surface area contributed by atoms with Gasteiger partial charge in [0.05, 0.1) is 6.10 Å². The Hall–Kier alpha value is -0.0500. The SMILES string of the molecule is Br.CCCCC(=O)OC(C)C. The minimum absolute atomic E-state index is 0. The van der Waals surface area contributed by atoms with Crippen LogP contribution >= 0.6 is 17.0 Å². The van der Waals surface area contributed by atoms with Crippen LogP contribution in [0.2, 0.25) is 0 Å². The Bertz CT molecular complexity index is 102. The molecule has 0 aliphatic rings. The monoisotopic (exact) mass is 224 g/mol. The van der Waals surface area contributed by atoms with Crippen LogP contribution in [0.25, 0.3) is 0 Å². The van der Waals surface area contributed by atoms with Gasteiger partial charge in [-0.25, -0.2) is 0 Å². The molecule has 0 N–H and O–H groups in total. The Morgan fingerprint density at radius 3 is 2.36 bits per heavy atom. The molecule has 0 rings (SSSR count). The van der Waals surface area contributed by atoms with Gasteiger partial charge in [-0.2, -0.15) is 0 Å². The van der Waals surface area contributed by atoms with Crippen molar-refractivity contribution in [3.8, 4) is 0 Å². The lowest BCUT2D eigenvalue weighted by Crippen LogP contribution is -2.10. The third kappa shape index (κ3) is 9.95. The summed E-state index contributed by atoms with van der Waals surface area (Å²) in [5, 5.41) is 0. The van der Waals surface area contributed by atoms with Crippen LogP contribution in [0.3, 0.4) is 0 Å². The van der Waals surface area contributed by atoms with Crippen molar-refractivity contribution in [3.05, 3.63) is 0 Å². The van der Waals surface area contributed by atoms with E-state index in [1.54, 1.807) is 0 Å². The molecular formula is C8H17BrO2. The Labute approximate surface area is 79.1 Å². The van der Waals surface area contributed by atoms with Crippen molar-refractivity contribution < 1.29 is 9.53 Å². The van der Waals surface area contributed by atoms with E-state index in [1.807, 2.05) is 13.8 Å². The van der Waals surface area contributed by atoms with Gasteiger partial charge >= 0.3 is 5.97 Å². The lowest BCUT2D eigenvalue weighted by Gasteiger charge is -2.06. The number of rotatable bonds is 4. The zero-order chi connectivity index (χ0) is 7.98. The van der Waals surface area contributed by atoms with Crippen LogP contribution in [-0.2, 0) is 9.53 Å². The van der Waals surface area contributed by atoms with Gasteiger partial charge in [0, 0.05) is 6.42 Å². The second-order valence-corrected chi connectivity index (χ2v) is 2.64. The third-order valence-corrected chi connectivity index (χ3v) is 1.10. The quantitative estimate of drug-likeness (QED) is 0.687. The predicted octanol–water partition coefficient (Wildman–Crippen LogP) is 2.71. The maximum Gasteiger partial charge on any atom is 0.306 e. The maximum absolute atomic E-state index is 10.8. The van der Waals surface area contributed by atoms with E-state index in [4.69, 9.17) is 4.74 Å². The van der Waals surface area contributed by atoms with E-state index in [1.165, 1.54) is 0 Å². The molecule has 0 heterocycles. The van der Waals surface area contributed by atoms with Gasteiger partial charge in [0.15, 0.2) is 0 Å². The van der Waals surface area contributed by atoms with Crippen LogP contribution in [0.1, 0.15) is 40.0 Å². The fraction of sp³-hybridized carbons (Fsp3) is 0.875. The summed E-state index contributed by atoms with van der Waals surface area (Å²) in [5.41, 5.74) is 0. The number of halogens is 1. The van der Waals surface area contributed by atoms with Crippen LogP contribution in [0.15, 0.2) is 0 Å². The fourth-order valence-corrected chi connectivity index (χ4v) is 0.643. The molecule has 0 saturated heterocycles. The first-order chi connectivity index (χ1) is 4.66. The van der Waals surface area contributed by atoms with E-state index >= 15 is 0 Å². The van der Waals surface area contributed by atoms with E-state index in [0.29, 0.717) is 6.42 Å². The molecule has 2 nitrogen and oxygen atoms in total. The highest BCUT2D eigenvalue weighted by molar-refractivity contribution is 8.93. The summed E-state index contributed by atoms with van der Waals surface area (Å²) in [7, 11) is 0. The predicted molar refractivity (Wildman–Crippen MR) is 51.1 cm³/mol. The van der Waals surface area contributed by atoms with Crippen LogP contribution in [0.5, 0.6) is 0 Å². The summed E-state index contributed by atoms with van der Waals surface area (Å²) < 4.78 is 4.91. The normalized spacial score (nSPS) is 9.09. The van der Waals surface area contributed by atoms with Crippen molar-refractivity contribution in [2.24, 2.45) is 0 Å². The fourth-order valence-electron chi connectivity index (χ4n) is 0.643. The highest BCUT2D eigenvalue weighted by Gasteiger charge is 2.02. The molecule has 0 radical (unpaired) electrons. The summed E-state index contributed by atoms with van der Waals surface area (Å²) in [6.07, 6.45) is 2.58. The van der Waals surface area contributed by atoms with E-state index in [9.17, 15) is 4.79 Å². The van der Waals surface area contributed by atoms with Crippen LogP contribution in [-0.4, -0.2) is 12.1 Å². The molecule has 0 aliphatic carbocycles. The average molecular weight is 225 g/mol. The molecule has 0 aromatic heterocycles. The second-order valence-electron chi connectivity index (χ2n) is 2.64. The van der Waals surface area contributed by atoms with E-state index in [2.05, 4.69) is 6.92 Å². The molecule has 0 aromatic carbocycles. The number of unbranched alkanes of at least 4 members (excludes halogenated alkanes) is 1. The summed E-state index contributed by atoms with van der Waals surface area (Å²) >= 11 is 0. The number of hydrogen-bond acceptors (Lipinski definition) is 2. The zero-order valence-corrected chi connectivity index (χ0v) is 9.14. The standard InChI is InChI=1S/C8H16O2.BrH/c1-4-5-6-8(9)10-7(2)3;/h7H,4-6H2,1-3H3;1H. The van der Waals surface area contributed by atoms with Gasteiger partial charge in [-0.1, -0.05) is 13.3 Å². The lowest BCUT2D eigenvalue weighted by atomic mass is 10.2. The number of carbonyl (C=O) groups excluding carboxylic acids is 1. The van der Waals surface area contributed by atoms with Crippen molar-refractivity contribution >= 4 is 23.0 Å². The Balaban J connectivity index is 0. The van der Waals surface area contributed by atoms with Crippen molar-refractivity contribution in [1.29, 1.82) is 0 Å². The molecule has 0 spiro atoms. The number of esters is 1. The van der Waals surface area contributed by atoms with Gasteiger partial charge in [-0.15, -0.1) is 17.0 Å². The topological polar surface area (TPSA) is 26.3 Å². The van der Waals surface area contributed by atoms with Gasteiger partial charge in [-0.05, 0) is 20.3 Å². The van der Waals surface area contributed by atoms with Crippen LogP contribution in [0.4, 0.5) is 0 Å². The minimum Gasteiger partial charge on any atom is -0.463 e. The van der Waals surface area contributed by atoms with Crippen molar-refractivity contribution in [2.45, 2.75) is 46.1 Å². The molecule has 0 atom stereocenters. The molecule has 0 amide bonds. The molecule has 3 heteroatoms. The highest BCUT2D eigenvalue weighted by Crippen LogP contribution is 1.98. The molecule has 0 fully saturated rings. The van der Waals surface area contributed by atoms with Gasteiger partial charge in [0.25, 0.3) is 0 Å². The highest BCUT2D eigenvalue weighted by atomic mass is 79.9. The van der Waals surface area contributed by atoms with Crippen LogP contribution in [0, 0.1) is 0 Å². The van der Waals surface area contributed by atoms with Gasteiger partial charge < -0.3 is 4.74 Å². The first-order valence-corrected chi connectivity index (χ1v) is 3.86. The first kappa shape index (κ1) is 13.5. The molecule has 11 heavy (non-hydrogen) atoms. The maximum atomic E-state index is 10.8.